The lowest BCUT2D eigenvalue weighted by Crippen LogP contribution is -2.48. The third kappa shape index (κ3) is 8.36. The van der Waals surface area contributed by atoms with Gasteiger partial charge in [0.2, 0.25) is 0 Å². The number of likely N-dealkylation sites (N-methyl/N-ethyl adjacent to an activating group) is 1. The first kappa shape index (κ1) is 22.4. The van der Waals surface area contributed by atoms with Crippen LogP contribution >= 0.6 is 0 Å². The minimum absolute atomic E-state index is 0.630. The fraction of sp³-hybridized carbons (Fsp3) is 0.952. The summed E-state index contributed by atoms with van der Waals surface area (Å²) in [4.78, 5) is 12.2. The average molecular weight is 381 g/mol. The van der Waals surface area contributed by atoms with Crippen LogP contribution in [0, 0.1) is 5.92 Å². The quantitative estimate of drug-likeness (QED) is 0.362. The molecule has 0 spiro atoms. The van der Waals surface area contributed by atoms with Gasteiger partial charge in [0.25, 0.3) is 0 Å². The zero-order valence-electron chi connectivity index (χ0n) is 18.3. The summed E-state index contributed by atoms with van der Waals surface area (Å²) < 4.78 is 0. The summed E-state index contributed by atoms with van der Waals surface area (Å²) in [6.45, 7) is 18.6. The smallest absolute Gasteiger partial charge is 0.190 e. The summed E-state index contributed by atoms with van der Waals surface area (Å²) in [6.07, 6.45) is 5.32. The molecule has 0 aromatic heterocycles. The molecule has 6 nitrogen and oxygen atoms in total. The van der Waals surface area contributed by atoms with Crippen molar-refractivity contribution in [2.45, 2.75) is 52.5 Å². The highest BCUT2D eigenvalue weighted by Gasteiger charge is 2.18. The van der Waals surface area contributed by atoms with Crippen molar-refractivity contribution in [3.8, 4) is 0 Å². The highest BCUT2D eigenvalue weighted by molar-refractivity contribution is 5.79. The summed E-state index contributed by atoms with van der Waals surface area (Å²) in [5, 5.41) is 7.00. The lowest BCUT2D eigenvalue weighted by molar-refractivity contribution is 0.124. The van der Waals surface area contributed by atoms with E-state index in [2.05, 4.69) is 51.1 Å². The van der Waals surface area contributed by atoms with Crippen molar-refractivity contribution in [2.75, 3.05) is 72.5 Å². The second kappa shape index (κ2) is 12.6. The molecule has 2 aliphatic rings. The molecule has 158 valence electrons. The van der Waals surface area contributed by atoms with Crippen molar-refractivity contribution in [2.24, 2.45) is 10.9 Å². The van der Waals surface area contributed by atoms with Crippen molar-refractivity contribution in [1.82, 2.24) is 25.3 Å². The molecule has 0 aromatic rings. The van der Waals surface area contributed by atoms with Crippen LogP contribution in [0.1, 0.15) is 46.5 Å². The maximum atomic E-state index is 4.39. The first-order valence-electron chi connectivity index (χ1n) is 11.3. The van der Waals surface area contributed by atoms with Gasteiger partial charge in [-0.05, 0) is 45.2 Å². The molecule has 2 fully saturated rings. The van der Waals surface area contributed by atoms with E-state index in [0.29, 0.717) is 5.92 Å². The summed E-state index contributed by atoms with van der Waals surface area (Å²) in [5.74, 6) is 1.58. The number of hydrogen-bond acceptors (Lipinski definition) is 4. The first-order valence-corrected chi connectivity index (χ1v) is 11.3. The van der Waals surface area contributed by atoms with Crippen molar-refractivity contribution in [3.05, 3.63) is 0 Å². The van der Waals surface area contributed by atoms with Gasteiger partial charge in [0.05, 0.1) is 0 Å². The van der Waals surface area contributed by atoms with Crippen LogP contribution in [0.4, 0.5) is 0 Å². The van der Waals surface area contributed by atoms with Gasteiger partial charge in [0, 0.05) is 65.4 Å². The average Bonchev–Trinajstić information content (AvgIpc) is 2.69. The van der Waals surface area contributed by atoms with Crippen LogP contribution in [0.2, 0.25) is 0 Å². The highest BCUT2D eigenvalue weighted by atomic mass is 15.3. The maximum Gasteiger partial charge on any atom is 0.190 e. The van der Waals surface area contributed by atoms with Gasteiger partial charge in [-0.3, -0.25) is 4.99 Å². The van der Waals surface area contributed by atoms with Crippen LogP contribution in [0.25, 0.3) is 0 Å². The number of likely N-dealkylation sites (tertiary alicyclic amines) is 1. The molecule has 2 atom stereocenters. The van der Waals surface area contributed by atoms with Gasteiger partial charge >= 0.3 is 0 Å². The molecule has 0 aromatic carbocycles. The van der Waals surface area contributed by atoms with Gasteiger partial charge in [-0.1, -0.05) is 20.3 Å². The van der Waals surface area contributed by atoms with Crippen LogP contribution < -0.4 is 10.6 Å². The Balaban J connectivity index is 1.55. The van der Waals surface area contributed by atoms with Crippen molar-refractivity contribution >= 4 is 5.96 Å². The van der Waals surface area contributed by atoms with E-state index in [1.165, 1.54) is 78.0 Å². The van der Waals surface area contributed by atoms with Gasteiger partial charge in [-0.2, -0.15) is 0 Å². The molecule has 6 heteroatoms. The highest BCUT2D eigenvalue weighted by Crippen LogP contribution is 2.16. The molecular formula is C21H44N6. The van der Waals surface area contributed by atoms with Gasteiger partial charge in [0.1, 0.15) is 0 Å². The third-order valence-corrected chi connectivity index (χ3v) is 6.18. The summed E-state index contributed by atoms with van der Waals surface area (Å²) in [5.41, 5.74) is 0. The van der Waals surface area contributed by atoms with Crippen molar-refractivity contribution < 1.29 is 0 Å². The predicted octanol–water partition coefficient (Wildman–Crippen LogP) is 1.69. The van der Waals surface area contributed by atoms with Crippen LogP contribution in [-0.4, -0.2) is 99.2 Å². The lowest BCUT2D eigenvalue weighted by Gasteiger charge is -2.35. The zero-order chi connectivity index (χ0) is 19.5. The monoisotopic (exact) mass is 380 g/mol. The molecule has 0 bridgehead atoms. The number of aliphatic imine (C=N–C) groups is 1. The molecule has 2 N–H and O–H groups in total. The van der Waals surface area contributed by atoms with E-state index in [1.54, 1.807) is 0 Å². The topological polar surface area (TPSA) is 46.1 Å². The van der Waals surface area contributed by atoms with Crippen LogP contribution in [0.3, 0.4) is 0 Å². The molecule has 27 heavy (non-hydrogen) atoms. The second-order valence-corrected chi connectivity index (χ2v) is 8.45. The minimum Gasteiger partial charge on any atom is -0.356 e. The van der Waals surface area contributed by atoms with Gasteiger partial charge in [0.15, 0.2) is 5.96 Å². The maximum absolute atomic E-state index is 4.39. The molecular weight excluding hydrogens is 336 g/mol. The Morgan fingerprint density at radius 1 is 1.07 bits per heavy atom. The fourth-order valence-corrected chi connectivity index (χ4v) is 4.26. The number of rotatable bonds is 9. The normalized spacial score (nSPS) is 24.7. The minimum atomic E-state index is 0.630. The molecule has 2 aliphatic heterocycles. The number of nitrogens with zero attached hydrogens (tertiary/aromatic N) is 4. The number of nitrogens with one attached hydrogen (secondary N) is 2. The van der Waals surface area contributed by atoms with E-state index in [9.17, 15) is 0 Å². The SMILES string of the molecule is CCN1CCN(CC(C)CNC(=NC)NCCCN2CCCCC2C)CC1. The van der Waals surface area contributed by atoms with E-state index < -0.39 is 0 Å². The number of piperidine rings is 1. The molecule has 2 unspecified atom stereocenters. The van der Waals surface area contributed by atoms with Gasteiger partial charge < -0.3 is 25.3 Å². The first-order chi connectivity index (χ1) is 13.1. The summed E-state index contributed by atoms with van der Waals surface area (Å²) in [6, 6.07) is 0.760. The van der Waals surface area contributed by atoms with Gasteiger partial charge in [-0.25, -0.2) is 0 Å². The van der Waals surface area contributed by atoms with E-state index in [4.69, 9.17) is 0 Å². The number of guanidine groups is 1. The van der Waals surface area contributed by atoms with E-state index >= 15 is 0 Å². The van der Waals surface area contributed by atoms with Crippen LogP contribution in [-0.2, 0) is 0 Å². The van der Waals surface area contributed by atoms with E-state index in [0.717, 1.165) is 25.1 Å². The van der Waals surface area contributed by atoms with E-state index in [1.807, 2.05) is 7.05 Å². The third-order valence-electron chi connectivity index (χ3n) is 6.18. The van der Waals surface area contributed by atoms with Crippen LogP contribution in [0.15, 0.2) is 4.99 Å². The molecule has 2 rings (SSSR count). The van der Waals surface area contributed by atoms with Crippen molar-refractivity contribution in [1.29, 1.82) is 0 Å². The molecule has 0 aliphatic carbocycles. The Kier molecular flexibility index (Phi) is 10.5. The van der Waals surface area contributed by atoms with E-state index in [-0.39, 0.29) is 0 Å². The molecule has 0 saturated carbocycles. The lowest BCUT2D eigenvalue weighted by atomic mass is 10.0. The van der Waals surface area contributed by atoms with Crippen LogP contribution in [0.5, 0.6) is 0 Å². The zero-order valence-corrected chi connectivity index (χ0v) is 18.3. The standard InChI is InChI=1S/C21H44N6/c1-5-25-13-15-26(16-14-25)18-19(2)17-24-21(22-4)23-10-8-12-27-11-7-6-9-20(27)3/h19-20H,5-18H2,1-4H3,(H2,22,23,24). The predicted molar refractivity (Wildman–Crippen MR) is 117 cm³/mol. The molecule has 0 radical (unpaired) electrons. The molecule has 2 heterocycles. The number of piperazine rings is 1. The second-order valence-electron chi connectivity index (χ2n) is 8.45. The summed E-state index contributed by atoms with van der Waals surface area (Å²) in [7, 11) is 1.87. The Hall–Kier alpha value is -0.850. The van der Waals surface area contributed by atoms with Gasteiger partial charge in [-0.15, -0.1) is 0 Å². The Labute approximate surface area is 167 Å². The Morgan fingerprint density at radius 3 is 2.48 bits per heavy atom. The number of hydrogen-bond donors (Lipinski definition) is 2. The largest absolute Gasteiger partial charge is 0.356 e. The fourth-order valence-electron chi connectivity index (χ4n) is 4.26. The molecule has 0 amide bonds. The Bertz CT molecular complexity index is 419. The molecule has 2 saturated heterocycles. The van der Waals surface area contributed by atoms with Crippen molar-refractivity contribution in [3.63, 3.8) is 0 Å². The Morgan fingerprint density at radius 2 is 1.81 bits per heavy atom. The summed E-state index contributed by atoms with van der Waals surface area (Å²) >= 11 is 0.